The molecule has 0 aliphatic heterocycles. The van der Waals surface area contributed by atoms with Crippen molar-refractivity contribution < 1.29 is 14.7 Å². The molecular weight excluding hydrogens is 228 g/mol. The Labute approximate surface area is 99.4 Å². The van der Waals surface area contributed by atoms with E-state index in [2.05, 4.69) is 10.6 Å². The van der Waals surface area contributed by atoms with Crippen molar-refractivity contribution in [3.05, 3.63) is 0 Å². The third-order valence-electron chi connectivity index (χ3n) is 2.67. The molecule has 3 N–H and O–H groups in total. The molecule has 5 nitrogen and oxygen atoms in total. The van der Waals surface area contributed by atoms with Crippen molar-refractivity contribution in [2.75, 3.05) is 12.8 Å². The number of carboxylic acids is 1. The van der Waals surface area contributed by atoms with Gasteiger partial charge in [0.25, 0.3) is 0 Å². The first kappa shape index (κ1) is 13.2. The van der Waals surface area contributed by atoms with Crippen LogP contribution in [0.1, 0.15) is 26.2 Å². The number of nitrogens with one attached hydrogen (secondary N) is 2. The Morgan fingerprint density at radius 1 is 1.50 bits per heavy atom. The second-order valence-corrected chi connectivity index (χ2v) is 5.49. The van der Waals surface area contributed by atoms with Crippen LogP contribution >= 0.6 is 11.8 Å². The van der Waals surface area contributed by atoms with Gasteiger partial charge >= 0.3 is 12.0 Å². The maximum Gasteiger partial charge on any atom is 0.315 e. The van der Waals surface area contributed by atoms with E-state index in [1.807, 2.05) is 6.26 Å². The third-order valence-corrected chi connectivity index (χ3v) is 4.09. The molecule has 0 aromatic carbocycles. The predicted molar refractivity (Wildman–Crippen MR) is 63.7 cm³/mol. The normalized spacial score (nSPS) is 18.6. The first-order chi connectivity index (χ1) is 7.47. The fourth-order valence-corrected chi connectivity index (χ4v) is 2.15. The Morgan fingerprint density at radius 2 is 2.12 bits per heavy atom. The zero-order chi connectivity index (χ0) is 12.2. The van der Waals surface area contributed by atoms with E-state index >= 15 is 0 Å². The van der Waals surface area contributed by atoms with Crippen molar-refractivity contribution in [1.82, 2.24) is 10.6 Å². The molecule has 1 saturated carbocycles. The number of carbonyl (C=O) groups excluding carboxylic acids is 1. The summed E-state index contributed by atoms with van der Waals surface area (Å²) >= 11 is 1.77. The number of urea groups is 1. The van der Waals surface area contributed by atoms with Crippen LogP contribution in [0.4, 0.5) is 4.79 Å². The summed E-state index contributed by atoms with van der Waals surface area (Å²) in [6.07, 6.45) is 4.26. The van der Waals surface area contributed by atoms with E-state index < -0.39 is 5.97 Å². The number of rotatable bonds is 6. The second-order valence-electron chi connectivity index (χ2n) is 4.21. The van der Waals surface area contributed by atoms with Gasteiger partial charge in [0.15, 0.2) is 0 Å². The summed E-state index contributed by atoms with van der Waals surface area (Å²) in [7, 11) is 0. The van der Waals surface area contributed by atoms with E-state index in [4.69, 9.17) is 5.11 Å². The van der Waals surface area contributed by atoms with Gasteiger partial charge < -0.3 is 15.7 Å². The fourth-order valence-electron chi connectivity index (χ4n) is 1.42. The molecule has 1 aliphatic carbocycles. The van der Waals surface area contributed by atoms with Crippen LogP contribution in [0.5, 0.6) is 0 Å². The number of aliphatic carboxylic acids is 1. The summed E-state index contributed by atoms with van der Waals surface area (Å²) < 4.78 is 0.230. The molecule has 0 saturated heterocycles. The predicted octanol–water partition coefficient (Wildman–Crippen LogP) is 1.04. The minimum Gasteiger partial charge on any atom is -0.481 e. The van der Waals surface area contributed by atoms with Crippen molar-refractivity contribution in [3.63, 3.8) is 0 Å². The highest BCUT2D eigenvalue weighted by atomic mass is 32.2. The van der Waals surface area contributed by atoms with Gasteiger partial charge in [0.05, 0.1) is 6.42 Å². The molecule has 0 aromatic rings. The van der Waals surface area contributed by atoms with Crippen LogP contribution in [-0.2, 0) is 4.79 Å². The molecule has 1 atom stereocenters. The lowest BCUT2D eigenvalue weighted by Crippen LogP contribution is -2.44. The van der Waals surface area contributed by atoms with Gasteiger partial charge in [0.1, 0.15) is 0 Å². The summed E-state index contributed by atoms with van der Waals surface area (Å²) in [5.74, 6) is -0.907. The van der Waals surface area contributed by atoms with Gasteiger partial charge in [-0.05, 0) is 26.0 Å². The fraction of sp³-hybridized carbons (Fsp3) is 0.800. The minimum absolute atomic E-state index is 0.0545. The van der Waals surface area contributed by atoms with E-state index in [0.29, 0.717) is 6.54 Å². The van der Waals surface area contributed by atoms with Crippen LogP contribution in [0, 0.1) is 0 Å². The third kappa shape index (κ3) is 4.30. The summed E-state index contributed by atoms with van der Waals surface area (Å²) in [6, 6.07) is -0.629. The molecule has 1 rings (SSSR count). The number of hydrogen-bond donors (Lipinski definition) is 3. The maximum atomic E-state index is 11.4. The van der Waals surface area contributed by atoms with Crippen LogP contribution in [0.25, 0.3) is 0 Å². The second kappa shape index (κ2) is 5.43. The first-order valence-electron chi connectivity index (χ1n) is 5.29. The summed E-state index contributed by atoms with van der Waals surface area (Å²) in [5.41, 5.74) is 0. The number of carbonyl (C=O) groups is 2. The zero-order valence-corrected chi connectivity index (χ0v) is 10.4. The van der Waals surface area contributed by atoms with E-state index in [1.54, 1.807) is 18.7 Å². The Hall–Kier alpha value is -0.910. The zero-order valence-electron chi connectivity index (χ0n) is 9.58. The highest BCUT2D eigenvalue weighted by Crippen LogP contribution is 2.46. The van der Waals surface area contributed by atoms with Crippen molar-refractivity contribution in [3.8, 4) is 0 Å². The monoisotopic (exact) mass is 246 g/mol. The van der Waals surface area contributed by atoms with Crippen molar-refractivity contribution in [2.24, 2.45) is 0 Å². The molecule has 1 fully saturated rings. The maximum absolute atomic E-state index is 11.4. The molecule has 1 aliphatic rings. The SMILES string of the molecule is CSC1(CNC(=O)NC(C)CC(=O)O)CC1. The Balaban J connectivity index is 2.18. The molecule has 16 heavy (non-hydrogen) atoms. The Bertz CT molecular complexity index is 279. The molecule has 2 amide bonds. The Kier molecular flexibility index (Phi) is 4.46. The van der Waals surface area contributed by atoms with Gasteiger partial charge in [-0.1, -0.05) is 0 Å². The van der Waals surface area contributed by atoms with Crippen LogP contribution in [0.3, 0.4) is 0 Å². The van der Waals surface area contributed by atoms with Gasteiger partial charge in [0, 0.05) is 17.3 Å². The molecule has 0 aromatic heterocycles. The molecule has 1 unspecified atom stereocenters. The molecule has 92 valence electrons. The van der Waals surface area contributed by atoms with E-state index in [9.17, 15) is 9.59 Å². The van der Waals surface area contributed by atoms with E-state index in [0.717, 1.165) is 12.8 Å². The van der Waals surface area contributed by atoms with Crippen molar-refractivity contribution >= 4 is 23.8 Å². The van der Waals surface area contributed by atoms with Crippen LogP contribution in [-0.4, -0.2) is 40.7 Å². The Morgan fingerprint density at radius 3 is 2.56 bits per heavy atom. The van der Waals surface area contributed by atoms with Crippen LogP contribution in [0.2, 0.25) is 0 Å². The first-order valence-corrected chi connectivity index (χ1v) is 6.51. The quantitative estimate of drug-likeness (QED) is 0.654. The van der Waals surface area contributed by atoms with Gasteiger partial charge in [-0.15, -0.1) is 0 Å². The standard InChI is InChI=1S/C10H18N2O3S/c1-7(5-8(13)14)12-9(15)11-6-10(16-2)3-4-10/h7H,3-6H2,1-2H3,(H,13,14)(H2,11,12,15). The summed E-state index contributed by atoms with van der Waals surface area (Å²) in [5, 5.41) is 13.9. The van der Waals surface area contributed by atoms with Gasteiger partial charge in [-0.3, -0.25) is 4.79 Å². The molecule has 0 heterocycles. The lowest BCUT2D eigenvalue weighted by molar-refractivity contribution is -0.137. The largest absolute Gasteiger partial charge is 0.481 e. The van der Waals surface area contributed by atoms with E-state index in [-0.39, 0.29) is 23.2 Å². The smallest absolute Gasteiger partial charge is 0.315 e. The number of hydrogen-bond acceptors (Lipinski definition) is 3. The average molecular weight is 246 g/mol. The summed E-state index contributed by atoms with van der Waals surface area (Å²) in [6.45, 7) is 2.33. The molecule has 0 radical (unpaired) electrons. The molecular formula is C10H18N2O3S. The highest BCUT2D eigenvalue weighted by Gasteiger charge is 2.41. The molecule has 0 spiro atoms. The number of amides is 2. The van der Waals surface area contributed by atoms with Gasteiger partial charge in [0.2, 0.25) is 0 Å². The van der Waals surface area contributed by atoms with Crippen molar-refractivity contribution in [2.45, 2.75) is 37.0 Å². The van der Waals surface area contributed by atoms with Crippen molar-refractivity contribution in [1.29, 1.82) is 0 Å². The van der Waals surface area contributed by atoms with Gasteiger partial charge in [-0.2, -0.15) is 11.8 Å². The van der Waals surface area contributed by atoms with Crippen LogP contribution in [0.15, 0.2) is 0 Å². The molecule has 6 heteroatoms. The van der Waals surface area contributed by atoms with Crippen LogP contribution < -0.4 is 10.6 Å². The average Bonchev–Trinajstić information content (AvgIpc) is 2.94. The molecule has 0 bridgehead atoms. The topological polar surface area (TPSA) is 78.4 Å². The minimum atomic E-state index is -0.907. The van der Waals surface area contributed by atoms with Gasteiger partial charge in [-0.25, -0.2) is 4.79 Å². The number of thioether (sulfide) groups is 1. The number of carboxylic acid groups (broad SMARTS) is 1. The highest BCUT2D eigenvalue weighted by molar-refractivity contribution is 8.00. The summed E-state index contributed by atoms with van der Waals surface area (Å²) in [4.78, 5) is 21.8. The lowest BCUT2D eigenvalue weighted by Gasteiger charge is -2.16. The van der Waals surface area contributed by atoms with E-state index in [1.165, 1.54) is 0 Å². The lowest BCUT2D eigenvalue weighted by atomic mass is 10.2.